The van der Waals surface area contributed by atoms with Gasteiger partial charge in [-0.05, 0) is 47.9 Å². The van der Waals surface area contributed by atoms with Crippen molar-refractivity contribution < 1.29 is 14.6 Å². The summed E-state index contributed by atoms with van der Waals surface area (Å²) in [6, 6.07) is 15.3. The lowest BCUT2D eigenvalue weighted by Crippen LogP contribution is -2.49. The Morgan fingerprint density at radius 2 is 1.63 bits per heavy atom. The molecule has 144 valence electrons. The summed E-state index contributed by atoms with van der Waals surface area (Å²) in [5.74, 6) is 1.53. The summed E-state index contributed by atoms with van der Waals surface area (Å²) in [5.41, 5.74) is 2.57. The molecule has 1 aliphatic rings. The van der Waals surface area contributed by atoms with E-state index in [1.807, 2.05) is 4.90 Å². The summed E-state index contributed by atoms with van der Waals surface area (Å²) in [6.45, 7) is 7.93. The molecule has 0 atom stereocenters. The van der Waals surface area contributed by atoms with Crippen molar-refractivity contribution in [3.05, 3.63) is 54.1 Å². The maximum atomic E-state index is 12.4. The van der Waals surface area contributed by atoms with Crippen molar-refractivity contribution in [1.29, 1.82) is 0 Å². The number of hydrogen-bond donors (Lipinski definition) is 1. The van der Waals surface area contributed by atoms with Gasteiger partial charge in [-0.15, -0.1) is 0 Å². The third kappa shape index (κ3) is 5.16. The van der Waals surface area contributed by atoms with Crippen LogP contribution in [0.15, 0.2) is 48.5 Å². The Hall–Kier alpha value is -2.69. The Balaban J connectivity index is 1.42. The largest absolute Gasteiger partial charge is 0.508 e. The number of anilines is 1. The molecule has 0 saturated carbocycles. The van der Waals surface area contributed by atoms with E-state index in [4.69, 9.17) is 4.74 Å². The van der Waals surface area contributed by atoms with E-state index in [0.29, 0.717) is 24.7 Å². The summed E-state index contributed by atoms with van der Waals surface area (Å²) in [7, 11) is 0. The molecule has 0 bridgehead atoms. The fourth-order valence-corrected chi connectivity index (χ4v) is 3.24. The number of benzene rings is 2. The molecule has 2 aromatic carbocycles. The van der Waals surface area contributed by atoms with Gasteiger partial charge >= 0.3 is 0 Å². The van der Waals surface area contributed by atoms with E-state index >= 15 is 0 Å². The lowest BCUT2D eigenvalue weighted by atomic mass is 10.0. The minimum absolute atomic E-state index is 0.128. The maximum absolute atomic E-state index is 12.4. The molecule has 5 heteroatoms. The fourth-order valence-electron chi connectivity index (χ4n) is 3.24. The molecule has 1 amide bonds. The molecule has 2 aromatic rings. The molecule has 1 heterocycles. The Morgan fingerprint density at radius 3 is 2.22 bits per heavy atom. The number of rotatable bonds is 6. The summed E-state index contributed by atoms with van der Waals surface area (Å²) >= 11 is 0. The van der Waals surface area contributed by atoms with Crippen LogP contribution in [0.1, 0.15) is 31.7 Å². The van der Waals surface area contributed by atoms with E-state index in [1.165, 1.54) is 11.3 Å². The van der Waals surface area contributed by atoms with E-state index in [1.54, 1.807) is 24.3 Å². The highest BCUT2D eigenvalue weighted by molar-refractivity contribution is 5.76. The summed E-state index contributed by atoms with van der Waals surface area (Å²) < 4.78 is 5.57. The summed E-state index contributed by atoms with van der Waals surface area (Å²) in [5, 5.41) is 9.26. The first-order valence-electron chi connectivity index (χ1n) is 9.57. The first kappa shape index (κ1) is 19.1. The summed E-state index contributed by atoms with van der Waals surface area (Å²) in [4.78, 5) is 16.6. The van der Waals surface area contributed by atoms with Gasteiger partial charge in [-0.2, -0.15) is 0 Å². The predicted molar refractivity (Wildman–Crippen MR) is 108 cm³/mol. The normalized spacial score (nSPS) is 14.5. The molecule has 1 N–H and O–H groups in total. The number of aromatic hydroxyl groups is 1. The molecular weight excluding hydrogens is 340 g/mol. The van der Waals surface area contributed by atoms with Crippen LogP contribution in [0.25, 0.3) is 0 Å². The first-order chi connectivity index (χ1) is 13.0. The molecule has 1 fully saturated rings. The van der Waals surface area contributed by atoms with E-state index in [2.05, 4.69) is 43.0 Å². The van der Waals surface area contributed by atoms with Gasteiger partial charge < -0.3 is 19.6 Å². The predicted octanol–water partition coefficient (Wildman–Crippen LogP) is 3.63. The summed E-state index contributed by atoms with van der Waals surface area (Å²) in [6.07, 6.45) is 0.365. The average molecular weight is 368 g/mol. The third-order valence-corrected chi connectivity index (χ3v) is 4.98. The van der Waals surface area contributed by atoms with E-state index in [9.17, 15) is 9.90 Å². The van der Waals surface area contributed by atoms with Gasteiger partial charge in [0.1, 0.15) is 11.5 Å². The van der Waals surface area contributed by atoms with E-state index in [0.717, 1.165) is 26.2 Å². The second-order valence-electron chi connectivity index (χ2n) is 7.21. The number of carbonyl (C=O) groups excluding carboxylic acids is 1. The van der Waals surface area contributed by atoms with Gasteiger partial charge in [-0.1, -0.05) is 26.0 Å². The molecule has 1 saturated heterocycles. The highest BCUT2D eigenvalue weighted by Gasteiger charge is 2.21. The second kappa shape index (κ2) is 8.80. The van der Waals surface area contributed by atoms with E-state index in [-0.39, 0.29) is 11.7 Å². The van der Waals surface area contributed by atoms with Crippen molar-refractivity contribution in [2.45, 2.75) is 26.2 Å². The quantitative estimate of drug-likeness (QED) is 0.846. The van der Waals surface area contributed by atoms with Crippen LogP contribution in [0.3, 0.4) is 0 Å². The lowest BCUT2D eigenvalue weighted by Gasteiger charge is -2.36. The van der Waals surface area contributed by atoms with Crippen molar-refractivity contribution in [3.8, 4) is 11.5 Å². The highest BCUT2D eigenvalue weighted by Crippen LogP contribution is 2.21. The van der Waals surface area contributed by atoms with Crippen molar-refractivity contribution >= 4 is 11.6 Å². The zero-order valence-electron chi connectivity index (χ0n) is 16.1. The Kier molecular flexibility index (Phi) is 6.22. The van der Waals surface area contributed by atoms with Crippen LogP contribution < -0.4 is 9.64 Å². The number of phenols is 1. The van der Waals surface area contributed by atoms with Crippen molar-refractivity contribution in [2.75, 3.05) is 37.7 Å². The number of piperazine rings is 1. The van der Waals surface area contributed by atoms with Gasteiger partial charge in [-0.25, -0.2) is 0 Å². The number of hydrogen-bond acceptors (Lipinski definition) is 4. The third-order valence-electron chi connectivity index (χ3n) is 4.98. The Labute approximate surface area is 161 Å². The minimum Gasteiger partial charge on any atom is -0.508 e. The van der Waals surface area contributed by atoms with Gasteiger partial charge in [0.2, 0.25) is 5.91 Å². The van der Waals surface area contributed by atoms with Gasteiger partial charge in [0.25, 0.3) is 0 Å². The molecule has 0 aliphatic carbocycles. The molecule has 0 unspecified atom stereocenters. The van der Waals surface area contributed by atoms with Crippen LogP contribution in [-0.4, -0.2) is 48.7 Å². The van der Waals surface area contributed by atoms with Gasteiger partial charge in [-0.3, -0.25) is 4.79 Å². The molecular formula is C22H28N2O3. The molecule has 1 aliphatic heterocycles. The number of carbonyl (C=O) groups is 1. The number of ether oxygens (including phenoxy) is 1. The lowest BCUT2D eigenvalue weighted by molar-refractivity contribution is -0.132. The standard InChI is InChI=1S/C22H28N2O3/c1-17(2)18-3-5-19(6-4-18)23-12-14-24(15-13-23)22(26)11-16-27-21-9-7-20(25)8-10-21/h3-10,17,25H,11-16H2,1-2H3. The SMILES string of the molecule is CC(C)c1ccc(N2CCN(C(=O)CCOc3ccc(O)cc3)CC2)cc1. The van der Waals surface area contributed by atoms with Gasteiger partial charge in [0.15, 0.2) is 0 Å². The average Bonchev–Trinajstić information content (AvgIpc) is 2.69. The minimum atomic E-state index is 0.128. The van der Waals surface area contributed by atoms with Crippen LogP contribution in [0.2, 0.25) is 0 Å². The smallest absolute Gasteiger partial charge is 0.226 e. The Bertz CT molecular complexity index is 733. The zero-order chi connectivity index (χ0) is 19.2. The van der Waals surface area contributed by atoms with Gasteiger partial charge in [0, 0.05) is 31.9 Å². The molecule has 0 radical (unpaired) electrons. The molecule has 5 nitrogen and oxygen atoms in total. The van der Waals surface area contributed by atoms with Crippen LogP contribution in [0.5, 0.6) is 11.5 Å². The number of nitrogens with zero attached hydrogens (tertiary/aromatic N) is 2. The fraction of sp³-hybridized carbons (Fsp3) is 0.409. The first-order valence-corrected chi connectivity index (χ1v) is 9.57. The monoisotopic (exact) mass is 368 g/mol. The maximum Gasteiger partial charge on any atom is 0.226 e. The molecule has 3 rings (SSSR count). The van der Waals surface area contributed by atoms with Crippen LogP contribution in [0.4, 0.5) is 5.69 Å². The molecule has 0 aromatic heterocycles. The topological polar surface area (TPSA) is 53.0 Å². The van der Waals surface area contributed by atoms with E-state index < -0.39 is 0 Å². The number of phenolic OH excluding ortho intramolecular Hbond substituents is 1. The van der Waals surface area contributed by atoms with Crippen molar-refractivity contribution in [1.82, 2.24) is 4.90 Å². The van der Waals surface area contributed by atoms with Crippen molar-refractivity contribution in [2.24, 2.45) is 0 Å². The van der Waals surface area contributed by atoms with Gasteiger partial charge in [0.05, 0.1) is 13.0 Å². The van der Waals surface area contributed by atoms with Crippen LogP contribution in [-0.2, 0) is 4.79 Å². The number of amides is 1. The highest BCUT2D eigenvalue weighted by atomic mass is 16.5. The van der Waals surface area contributed by atoms with Crippen molar-refractivity contribution in [3.63, 3.8) is 0 Å². The van der Waals surface area contributed by atoms with Crippen LogP contribution in [0, 0.1) is 0 Å². The van der Waals surface area contributed by atoms with Crippen LogP contribution >= 0.6 is 0 Å². The Morgan fingerprint density at radius 1 is 1.00 bits per heavy atom. The zero-order valence-corrected chi connectivity index (χ0v) is 16.1. The molecule has 27 heavy (non-hydrogen) atoms. The molecule has 0 spiro atoms. The second-order valence-corrected chi connectivity index (χ2v) is 7.21.